The highest BCUT2D eigenvalue weighted by molar-refractivity contribution is 7.89. The minimum atomic E-state index is -3.61. The lowest BCUT2D eigenvalue weighted by Crippen LogP contribution is -2.46. The Morgan fingerprint density at radius 1 is 1.06 bits per heavy atom. The predicted octanol–water partition coefficient (Wildman–Crippen LogP) is 2.90. The number of halogens is 1. The van der Waals surface area contributed by atoms with Crippen LogP contribution in [0.15, 0.2) is 59.5 Å². The van der Waals surface area contributed by atoms with E-state index in [0.29, 0.717) is 11.4 Å². The van der Waals surface area contributed by atoms with Gasteiger partial charge < -0.3 is 10.2 Å². The second kappa shape index (κ2) is 11.3. The van der Waals surface area contributed by atoms with E-state index in [1.54, 1.807) is 49.4 Å². The monoisotopic (exact) mass is 465 g/mol. The van der Waals surface area contributed by atoms with E-state index >= 15 is 0 Å². The number of benzene rings is 2. The molecule has 9 heteroatoms. The number of hydrogen-bond donors (Lipinski definition) is 1. The van der Waals surface area contributed by atoms with Gasteiger partial charge in [-0.1, -0.05) is 41.9 Å². The first kappa shape index (κ1) is 24.8. The molecule has 2 rings (SSSR count). The molecule has 7 nitrogen and oxygen atoms in total. The van der Waals surface area contributed by atoms with Crippen LogP contribution in [0.25, 0.3) is 0 Å². The quantitative estimate of drug-likeness (QED) is 0.584. The molecule has 0 bridgehead atoms. The molecular formula is C22H28ClN3O4S. The van der Waals surface area contributed by atoms with Crippen molar-refractivity contribution < 1.29 is 18.0 Å². The normalized spacial score (nSPS) is 12.4. The van der Waals surface area contributed by atoms with E-state index < -0.39 is 16.1 Å². The van der Waals surface area contributed by atoms with Crippen LogP contribution >= 0.6 is 11.6 Å². The van der Waals surface area contributed by atoms with Gasteiger partial charge >= 0.3 is 0 Å². The van der Waals surface area contributed by atoms with Crippen molar-refractivity contribution in [2.24, 2.45) is 0 Å². The molecule has 31 heavy (non-hydrogen) atoms. The summed E-state index contributed by atoms with van der Waals surface area (Å²) >= 11 is 5.93. The standard InChI is InChI=1S/C22H28ClN3O4S/c1-17(22(28)24-2)26(16-18-11-13-19(23)14-12-18)21(27)10-7-15-25(3)31(29,30)20-8-5-4-6-9-20/h4-6,8-9,11-14,17H,7,10,15-16H2,1-3H3,(H,24,28)/t17-/m1/s1. The minimum Gasteiger partial charge on any atom is -0.357 e. The molecule has 2 aromatic rings. The van der Waals surface area contributed by atoms with E-state index in [1.165, 1.54) is 35.4 Å². The van der Waals surface area contributed by atoms with Crippen molar-refractivity contribution in [2.45, 2.75) is 37.2 Å². The second-order valence-corrected chi connectivity index (χ2v) is 9.66. The molecule has 168 valence electrons. The number of nitrogens with zero attached hydrogens (tertiary/aromatic N) is 2. The summed E-state index contributed by atoms with van der Waals surface area (Å²) < 4.78 is 26.5. The zero-order valence-corrected chi connectivity index (χ0v) is 19.5. The highest BCUT2D eigenvalue weighted by Gasteiger charge is 2.26. The zero-order valence-electron chi connectivity index (χ0n) is 17.9. The lowest BCUT2D eigenvalue weighted by atomic mass is 10.1. The van der Waals surface area contributed by atoms with Crippen molar-refractivity contribution >= 4 is 33.4 Å². The number of sulfonamides is 1. The van der Waals surface area contributed by atoms with Gasteiger partial charge in [-0.25, -0.2) is 12.7 Å². The Balaban J connectivity index is 2.03. The first-order chi connectivity index (χ1) is 14.7. The smallest absolute Gasteiger partial charge is 0.242 e. The number of likely N-dealkylation sites (N-methyl/N-ethyl adjacent to an activating group) is 1. The average Bonchev–Trinajstić information content (AvgIpc) is 2.77. The van der Waals surface area contributed by atoms with Crippen molar-refractivity contribution in [3.8, 4) is 0 Å². The molecule has 2 aromatic carbocycles. The number of rotatable bonds is 10. The number of carbonyl (C=O) groups excluding carboxylic acids is 2. The highest BCUT2D eigenvalue weighted by atomic mass is 35.5. The van der Waals surface area contributed by atoms with Crippen molar-refractivity contribution in [3.63, 3.8) is 0 Å². The summed E-state index contributed by atoms with van der Waals surface area (Å²) in [6.45, 7) is 2.10. The van der Waals surface area contributed by atoms with Crippen LogP contribution in [0, 0.1) is 0 Å². The third-order valence-corrected chi connectivity index (χ3v) is 7.12. The summed E-state index contributed by atoms with van der Waals surface area (Å²) in [7, 11) is -0.599. The van der Waals surface area contributed by atoms with Gasteiger partial charge in [0.2, 0.25) is 21.8 Å². The van der Waals surface area contributed by atoms with Crippen molar-refractivity contribution in [1.29, 1.82) is 0 Å². The number of nitrogens with one attached hydrogen (secondary N) is 1. The fourth-order valence-corrected chi connectivity index (χ4v) is 4.42. The van der Waals surface area contributed by atoms with Gasteiger partial charge in [-0.3, -0.25) is 9.59 Å². The molecule has 0 fully saturated rings. The maximum atomic E-state index is 12.9. The molecule has 0 aliphatic rings. The van der Waals surface area contributed by atoms with Crippen LogP contribution in [0.2, 0.25) is 5.02 Å². The third-order valence-electron chi connectivity index (χ3n) is 4.99. The molecule has 0 radical (unpaired) electrons. The van der Waals surface area contributed by atoms with Gasteiger partial charge in [0.1, 0.15) is 6.04 Å². The molecule has 0 aromatic heterocycles. The summed E-state index contributed by atoms with van der Waals surface area (Å²) in [6.07, 6.45) is 0.447. The van der Waals surface area contributed by atoms with E-state index in [1.807, 2.05) is 0 Å². The number of carbonyl (C=O) groups is 2. The van der Waals surface area contributed by atoms with Crippen molar-refractivity contribution in [2.75, 3.05) is 20.6 Å². The minimum absolute atomic E-state index is 0.115. The molecule has 0 aliphatic heterocycles. The Kier molecular flexibility index (Phi) is 9.03. The maximum absolute atomic E-state index is 12.9. The predicted molar refractivity (Wildman–Crippen MR) is 121 cm³/mol. The highest BCUT2D eigenvalue weighted by Crippen LogP contribution is 2.17. The van der Waals surface area contributed by atoms with Gasteiger partial charge in [-0.2, -0.15) is 0 Å². The lowest BCUT2D eigenvalue weighted by molar-refractivity contribution is -0.140. The Bertz CT molecular complexity index is 982. The molecule has 0 spiro atoms. The van der Waals surface area contributed by atoms with Crippen LogP contribution in [0.4, 0.5) is 0 Å². The van der Waals surface area contributed by atoms with Gasteiger partial charge in [0.15, 0.2) is 0 Å². The average molecular weight is 466 g/mol. The van der Waals surface area contributed by atoms with E-state index in [0.717, 1.165) is 5.56 Å². The van der Waals surface area contributed by atoms with Crippen molar-refractivity contribution in [3.05, 3.63) is 65.2 Å². The number of hydrogen-bond acceptors (Lipinski definition) is 4. The zero-order chi connectivity index (χ0) is 23.0. The van der Waals surface area contributed by atoms with Gasteiger partial charge in [0.05, 0.1) is 4.90 Å². The number of amides is 2. The summed E-state index contributed by atoms with van der Waals surface area (Å²) in [5.74, 6) is -0.498. The second-order valence-electron chi connectivity index (χ2n) is 7.18. The molecule has 0 unspecified atom stereocenters. The summed E-state index contributed by atoms with van der Waals surface area (Å²) in [5.41, 5.74) is 0.845. The van der Waals surface area contributed by atoms with Crippen LogP contribution in [-0.2, 0) is 26.2 Å². The molecule has 0 saturated heterocycles. The summed E-state index contributed by atoms with van der Waals surface area (Å²) in [6, 6.07) is 14.6. The molecule has 0 heterocycles. The van der Waals surface area contributed by atoms with Gasteiger partial charge in [0.25, 0.3) is 0 Å². The molecule has 2 amide bonds. The molecular weight excluding hydrogens is 438 g/mol. The fraction of sp³-hybridized carbons (Fsp3) is 0.364. The van der Waals surface area contributed by atoms with E-state index in [4.69, 9.17) is 11.6 Å². The Labute approximate surface area is 189 Å². The van der Waals surface area contributed by atoms with Gasteiger partial charge in [-0.15, -0.1) is 0 Å². The van der Waals surface area contributed by atoms with Gasteiger partial charge in [0, 0.05) is 38.6 Å². The van der Waals surface area contributed by atoms with Crippen LogP contribution < -0.4 is 5.32 Å². The van der Waals surface area contributed by atoms with E-state index in [-0.39, 0.29) is 36.2 Å². The topological polar surface area (TPSA) is 86.8 Å². The molecule has 0 saturated carbocycles. The lowest BCUT2D eigenvalue weighted by Gasteiger charge is -2.28. The largest absolute Gasteiger partial charge is 0.357 e. The van der Waals surface area contributed by atoms with Crippen LogP contribution in [0.1, 0.15) is 25.3 Å². The van der Waals surface area contributed by atoms with Crippen LogP contribution in [0.3, 0.4) is 0 Å². The first-order valence-electron chi connectivity index (χ1n) is 9.93. The first-order valence-corrected chi connectivity index (χ1v) is 11.8. The maximum Gasteiger partial charge on any atom is 0.242 e. The molecule has 0 aliphatic carbocycles. The van der Waals surface area contributed by atoms with Crippen LogP contribution in [0.5, 0.6) is 0 Å². The molecule has 1 N–H and O–H groups in total. The van der Waals surface area contributed by atoms with E-state index in [2.05, 4.69) is 5.32 Å². The van der Waals surface area contributed by atoms with Crippen molar-refractivity contribution in [1.82, 2.24) is 14.5 Å². The third kappa shape index (κ3) is 6.78. The molecule has 1 atom stereocenters. The van der Waals surface area contributed by atoms with Crippen LogP contribution in [-0.4, -0.2) is 56.1 Å². The van der Waals surface area contributed by atoms with Gasteiger partial charge in [-0.05, 0) is 43.2 Å². The summed E-state index contributed by atoms with van der Waals surface area (Å²) in [5, 5.41) is 3.15. The summed E-state index contributed by atoms with van der Waals surface area (Å²) in [4.78, 5) is 26.8. The SMILES string of the molecule is CNC(=O)[C@@H](C)N(Cc1ccc(Cl)cc1)C(=O)CCCN(C)S(=O)(=O)c1ccccc1. The Hall–Kier alpha value is -2.42. The fourth-order valence-electron chi connectivity index (χ4n) is 3.07. The van der Waals surface area contributed by atoms with E-state index in [9.17, 15) is 18.0 Å². The Morgan fingerprint density at radius 2 is 1.68 bits per heavy atom. The Morgan fingerprint density at radius 3 is 2.26 bits per heavy atom.